The highest BCUT2D eigenvalue weighted by Gasteiger charge is 2.24. The van der Waals surface area contributed by atoms with Crippen molar-refractivity contribution in [3.63, 3.8) is 0 Å². The predicted octanol–water partition coefficient (Wildman–Crippen LogP) is 4.62. The van der Waals surface area contributed by atoms with Crippen LogP contribution in [0.5, 0.6) is 5.75 Å². The molecule has 0 radical (unpaired) electrons. The Morgan fingerprint density at radius 1 is 1.11 bits per heavy atom. The van der Waals surface area contributed by atoms with Gasteiger partial charge in [0.25, 0.3) is 0 Å². The molecule has 0 bridgehead atoms. The molecule has 0 saturated heterocycles. The molecule has 27 heavy (non-hydrogen) atoms. The SMILES string of the molecule is CCOP(=O)(C#CN(Cc1ccc(OC)cc1)C(=O)OC(C)(C)C)OCC. The Hall–Kier alpha value is -2.00. The highest BCUT2D eigenvalue weighted by atomic mass is 31.2. The van der Waals surface area contributed by atoms with E-state index in [2.05, 4.69) is 11.7 Å². The summed E-state index contributed by atoms with van der Waals surface area (Å²) in [5.41, 5.74) is 2.58. The monoisotopic (exact) mass is 397 g/mol. The van der Waals surface area contributed by atoms with Gasteiger partial charge in [0.05, 0.1) is 26.9 Å². The molecule has 0 aliphatic heterocycles. The number of carbonyl (C=O) groups is 1. The summed E-state index contributed by atoms with van der Waals surface area (Å²) in [5, 5.41) is 0. The molecular weight excluding hydrogens is 369 g/mol. The maximum absolute atomic E-state index is 12.5. The molecule has 1 amide bonds. The van der Waals surface area contributed by atoms with Crippen LogP contribution >= 0.6 is 7.60 Å². The van der Waals surface area contributed by atoms with Gasteiger partial charge in [-0.3, -0.25) is 9.05 Å². The van der Waals surface area contributed by atoms with E-state index < -0.39 is 19.3 Å². The molecule has 0 aromatic heterocycles. The molecule has 0 N–H and O–H groups in total. The van der Waals surface area contributed by atoms with Crippen LogP contribution in [0.3, 0.4) is 0 Å². The summed E-state index contributed by atoms with van der Waals surface area (Å²) in [6.07, 6.45) is -0.648. The van der Waals surface area contributed by atoms with Gasteiger partial charge in [-0.2, -0.15) is 0 Å². The second-order valence-electron chi connectivity index (χ2n) is 6.47. The van der Waals surface area contributed by atoms with E-state index in [0.717, 1.165) is 10.5 Å². The molecule has 0 atom stereocenters. The minimum atomic E-state index is -3.61. The second kappa shape index (κ2) is 10.4. The molecule has 150 valence electrons. The lowest BCUT2D eigenvalue weighted by Gasteiger charge is -2.24. The minimum Gasteiger partial charge on any atom is -0.497 e. The largest absolute Gasteiger partial charge is 0.497 e. The van der Waals surface area contributed by atoms with E-state index in [-0.39, 0.29) is 19.8 Å². The molecular formula is C19H28NO6P. The Morgan fingerprint density at radius 3 is 2.11 bits per heavy atom. The lowest BCUT2D eigenvalue weighted by Crippen LogP contribution is -2.33. The van der Waals surface area contributed by atoms with Gasteiger partial charge in [0.1, 0.15) is 11.4 Å². The number of benzene rings is 1. The molecule has 0 heterocycles. The van der Waals surface area contributed by atoms with Gasteiger partial charge in [-0.25, -0.2) is 14.3 Å². The van der Waals surface area contributed by atoms with Gasteiger partial charge < -0.3 is 9.47 Å². The van der Waals surface area contributed by atoms with E-state index in [4.69, 9.17) is 18.5 Å². The summed E-state index contributed by atoms with van der Waals surface area (Å²) in [7, 11) is -2.04. The van der Waals surface area contributed by atoms with Gasteiger partial charge in [-0.15, -0.1) is 0 Å². The van der Waals surface area contributed by atoms with Crippen LogP contribution in [-0.2, 0) is 24.9 Å². The summed E-state index contributed by atoms with van der Waals surface area (Å²) < 4.78 is 33.4. The molecule has 0 unspecified atom stereocenters. The molecule has 0 saturated carbocycles. The summed E-state index contributed by atoms with van der Waals surface area (Å²) >= 11 is 0. The van der Waals surface area contributed by atoms with Crippen molar-refractivity contribution in [2.45, 2.75) is 46.8 Å². The lowest BCUT2D eigenvalue weighted by molar-refractivity contribution is 0.0341. The van der Waals surface area contributed by atoms with Crippen LogP contribution in [0.15, 0.2) is 24.3 Å². The normalized spacial score (nSPS) is 11.3. The van der Waals surface area contributed by atoms with E-state index in [0.29, 0.717) is 5.75 Å². The molecule has 0 aliphatic rings. The number of rotatable bonds is 7. The maximum Gasteiger partial charge on any atom is 0.422 e. The highest BCUT2D eigenvalue weighted by Crippen LogP contribution is 2.46. The van der Waals surface area contributed by atoms with Crippen molar-refractivity contribution in [2.75, 3.05) is 20.3 Å². The molecule has 8 heteroatoms. The average molecular weight is 397 g/mol. The Labute approximate surface area is 161 Å². The minimum absolute atomic E-state index is 0.143. The molecule has 0 fully saturated rings. The first kappa shape index (κ1) is 23.0. The fraction of sp³-hybridized carbons (Fsp3) is 0.526. The van der Waals surface area contributed by atoms with Gasteiger partial charge in [-0.1, -0.05) is 12.1 Å². The third kappa shape index (κ3) is 8.49. The molecule has 0 aliphatic carbocycles. The van der Waals surface area contributed by atoms with Gasteiger partial charge in [0.2, 0.25) is 0 Å². The second-order valence-corrected chi connectivity index (χ2v) is 8.21. The van der Waals surface area contributed by atoms with Crippen LogP contribution in [0.1, 0.15) is 40.2 Å². The fourth-order valence-electron chi connectivity index (χ4n) is 1.94. The smallest absolute Gasteiger partial charge is 0.422 e. The Bertz CT molecular complexity index is 704. The standard InChI is InChI=1S/C19H28NO6P/c1-7-24-27(22,25-8-2)14-13-20(18(21)26-19(3,4)5)15-16-9-11-17(23-6)12-10-16/h9-12H,7-8,15H2,1-6H3. The zero-order chi connectivity index (χ0) is 20.5. The Morgan fingerprint density at radius 2 is 1.67 bits per heavy atom. The van der Waals surface area contributed by atoms with Crippen molar-refractivity contribution in [1.29, 1.82) is 0 Å². The summed E-state index contributed by atoms with van der Waals surface area (Å²) in [4.78, 5) is 13.7. The van der Waals surface area contributed by atoms with Crippen molar-refractivity contribution in [2.24, 2.45) is 0 Å². The first-order valence-electron chi connectivity index (χ1n) is 8.68. The van der Waals surface area contributed by atoms with Crippen LogP contribution in [0.25, 0.3) is 0 Å². The third-order valence-corrected chi connectivity index (χ3v) is 4.60. The Kier molecular flexibility index (Phi) is 8.84. The molecule has 7 nitrogen and oxygen atoms in total. The first-order chi connectivity index (χ1) is 12.6. The number of amides is 1. The van der Waals surface area contributed by atoms with E-state index in [1.54, 1.807) is 53.9 Å². The third-order valence-electron chi connectivity index (χ3n) is 3.03. The molecule has 0 spiro atoms. The Balaban J connectivity index is 3.12. The zero-order valence-corrected chi connectivity index (χ0v) is 17.7. The average Bonchev–Trinajstić information content (AvgIpc) is 2.58. The van der Waals surface area contributed by atoms with Crippen molar-refractivity contribution >= 4 is 13.7 Å². The molecule has 1 aromatic carbocycles. The predicted molar refractivity (Wildman–Crippen MR) is 103 cm³/mol. The molecule has 1 rings (SSSR count). The number of carbonyl (C=O) groups excluding carboxylic acids is 1. The fourth-order valence-corrected chi connectivity index (χ4v) is 3.07. The topological polar surface area (TPSA) is 74.3 Å². The summed E-state index contributed by atoms with van der Waals surface area (Å²) in [6.45, 7) is 9.16. The van der Waals surface area contributed by atoms with E-state index >= 15 is 0 Å². The number of hydrogen-bond donors (Lipinski definition) is 0. The summed E-state index contributed by atoms with van der Waals surface area (Å²) in [5.74, 6) is 0.700. The van der Waals surface area contributed by atoms with Gasteiger partial charge in [0, 0.05) is 11.7 Å². The van der Waals surface area contributed by atoms with Crippen LogP contribution in [0.2, 0.25) is 0 Å². The van der Waals surface area contributed by atoms with Crippen LogP contribution in [0, 0.1) is 11.7 Å². The number of nitrogens with zero attached hydrogens (tertiary/aromatic N) is 1. The van der Waals surface area contributed by atoms with Crippen LogP contribution in [0.4, 0.5) is 4.79 Å². The van der Waals surface area contributed by atoms with Gasteiger partial charge >= 0.3 is 13.7 Å². The van der Waals surface area contributed by atoms with Crippen molar-refractivity contribution in [3.05, 3.63) is 29.8 Å². The van der Waals surface area contributed by atoms with E-state index in [1.807, 2.05) is 12.1 Å². The van der Waals surface area contributed by atoms with Gasteiger partial charge in [0.15, 0.2) is 0 Å². The number of ether oxygens (including phenoxy) is 2. The number of hydrogen-bond acceptors (Lipinski definition) is 6. The van der Waals surface area contributed by atoms with Crippen LogP contribution in [-0.4, -0.2) is 36.9 Å². The highest BCUT2D eigenvalue weighted by molar-refractivity contribution is 7.59. The summed E-state index contributed by atoms with van der Waals surface area (Å²) in [6, 6.07) is 9.77. The van der Waals surface area contributed by atoms with Crippen LogP contribution < -0.4 is 4.74 Å². The quantitative estimate of drug-likeness (QED) is 0.380. The maximum atomic E-state index is 12.5. The van der Waals surface area contributed by atoms with E-state index in [1.165, 1.54) is 0 Å². The van der Waals surface area contributed by atoms with Crippen molar-refractivity contribution < 1.29 is 27.9 Å². The van der Waals surface area contributed by atoms with Gasteiger partial charge in [-0.05, 0) is 52.3 Å². The molecule has 1 aromatic rings. The zero-order valence-electron chi connectivity index (χ0n) is 16.8. The lowest BCUT2D eigenvalue weighted by atomic mass is 10.2. The van der Waals surface area contributed by atoms with Crippen molar-refractivity contribution in [3.8, 4) is 17.5 Å². The van der Waals surface area contributed by atoms with E-state index in [9.17, 15) is 9.36 Å². The first-order valence-corrected chi connectivity index (χ1v) is 10.2. The van der Waals surface area contributed by atoms with Crippen molar-refractivity contribution in [1.82, 2.24) is 4.90 Å². The number of methoxy groups -OCH3 is 1.